The van der Waals surface area contributed by atoms with Gasteiger partial charge in [-0.3, -0.25) is 9.78 Å². The first-order valence-corrected chi connectivity index (χ1v) is 8.91. The highest BCUT2D eigenvalue weighted by atomic mass is 32.2. The van der Waals surface area contributed by atoms with Gasteiger partial charge in [-0.15, -0.1) is 10.2 Å². The SMILES string of the molecule is C[C@@H](NC(=O)CSc1nnc(-c2ccccn2)n1C)c1ccccc1. The van der Waals surface area contributed by atoms with Crippen LogP contribution in [0, 0.1) is 0 Å². The Morgan fingerprint density at radius 3 is 2.64 bits per heavy atom. The summed E-state index contributed by atoms with van der Waals surface area (Å²) in [5, 5.41) is 12.0. The molecule has 0 radical (unpaired) electrons. The minimum atomic E-state index is -0.0382. The summed E-state index contributed by atoms with van der Waals surface area (Å²) in [6.07, 6.45) is 1.72. The summed E-state index contributed by atoms with van der Waals surface area (Å²) < 4.78 is 1.85. The second kappa shape index (κ2) is 7.94. The number of carbonyl (C=O) groups excluding carboxylic acids is 1. The van der Waals surface area contributed by atoms with Gasteiger partial charge < -0.3 is 9.88 Å². The van der Waals surface area contributed by atoms with Crippen LogP contribution in [0.3, 0.4) is 0 Å². The number of nitrogens with one attached hydrogen (secondary N) is 1. The molecule has 1 aromatic carbocycles. The molecule has 1 atom stereocenters. The van der Waals surface area contributed by atoms with Gasteiger partial charge in [-0.2, -0.15) is 0 Å². The Labute approximate surface area is 150 Å². The molecule has 128 valence electrons. The summed E-state index contributed by atoms with van der Waals surface area (Å²) >= 11 is 1.36. The maximum Gasteiger partial charge on any atom is 0.230 e. The van der Waals surface area contributed by atoms with Crippen molar-refractivity contribution >= 4 is 17.7 Å². The number of nitrogens with zero attached hydrogens (tertiary/aromatic N) is 4. The zero-order valence-corrected chi connectivity index (χ0v) is 14.9. The molecule has 6 nitrogen and oxygen atoms in total. The molecule has 2 aromatic heterocycles. The average molecular weight is 353 g/mol. The second-order valence-corrected chi connectivity index (χ2v) is 6.51. The van der Waals surface area contributed by atoms with E-state index in [1.165, 1.54) is 11.8 Å². The Balaban J connectivity index is 1.59. The normalized spacial score (nSPS) is 11.9. The topological polar surface area (TPSA) is 72.7 Å². The summed E-state index contributed by atoms with van der Waals surface area (Å²) in [4.78, 5) is 16.5. The minimum Gasteiger partial charge on any atom is -0.349 e. The van der Waals surface area contributed by atoms with Crippen LogP contribution in [0.2, 0.25) is 0 Å². The molecule has 0 aliphatic carbocycles. The lowest BCUT2D eigenvalue weighted by molar-refractivity contribution is -0.119. The van der Waals surface area contributed by atoms with E-state index in [9.17, 15) is 4.79 Å². The van der Waals surface area contributed by atoms with Crippen LogP contribution in [0.4, 0.5) is 0 Å². The zero-order chi connectivity index (χ0) is 17.6. The van der Waals surface area contributed by atoms with Gasteiger partial charge in [0.2, 0.25) is 5.91 Å². The summed E-state index contributed by atoms with van der Waals surface area (Å²) in [6, 6.07) is 15.5. The van der Waals surface area contributed by atoms with Crippen LogP contribution < -0.4 is 5.32 Å². The lowest BCUT2D eigenvalue weighted by atomic mass is 10.1. The lowest BCUT2D eigenvalue weighted by Gasteiger charge is -2.13. The van der Waals surface area contributed by atoms with Crippen molar-refractivity contribution in [2.75, 3.05) is 5.75 Å². The number of pyridine rings is 1. The Bertz CT molecular complexity index is 835. The molecule has 0 spiro atoms. The molecule has 0 aliphatic rings. The van der Waals surface area contributed by atoms with Crippen molar-refractivity contribution in [1.82, 2.24) is 25.1 Å². The van der Waals surface area contributed by atoms with Gasteiger partial charge in [0.15, 0.2) is 11.0 Å². The van der Waals surface area contributed by atoms with Crippen LogP contribution in [-0.2, 0) is 11.8 Å². The number of aromatic nitrogens is 4. The van der Waals surface area contributed by atoms with Crippen molar-refractivity contribution in [3.8, 4) is 11.5 Å². The van der Waals surface area contributed by atoms with Gasteiger partial charge in [0.1, 0.15) is 5.69 Å². The zero-order valence-electron chi connectivity index (χ0n) is 14.1. The lowest BCUT2D eigenvalue weighted by Crippen LogP contribution is -2.28. The molecule has 3 rings (SSSR count). The molecule has 0 bridgehead atoms. The van der Waals surface area contributed by atoms with Crippen molar-refractivity contribution in [3.63, 3.8) is 0 Å². The number of carbonyl (C=O) groups is 1. The molecule has 25 heavy (non-hydrogen) atoms. The number of thioether (sulfide) groups is 1. The maximum atomic E-state index is 12.2. The summed E-state index contributed by atoms with van der Waals surface area (Å²) in [7, 11) is 1.87. The molecule has 1 amide bonds. The van der Waals surface area contributed by atoms with E-state index < -0.39 is 0 Å². The monoisotopic (exact) mass is 353 g/mol. The van der Waals surface area contributed by atoms with Gasteiger partial charge in [0, 0.05) is 13.2 Å². The average Bonchev–Trinajstić information content (AvgIpc) is 3.02. The van der Waals surface area contributed by atoms with Crippen LogP contribution in [0.1, 0.15) is 18.5 Å². The molecule has 1 N–H and O–H groups in total. The highest BCUT2D eigenvalue weighted by molar-refractivity contribution is 7.99. The third-order valence-electron chi connectivity index (χ3n) is 3.74. The Kier molecular flexibility index (Phi) is 5.45. The first-order chi connectivity index (χ1) is 12.1. The Morgan fingerprint density at radius 2 is 1.92 bits per heavy atom. The molecule has 0 saturated heterocycles. The predicted molar refractivity (Wildman–Crippen MR) is 98.0 cm³/mol. The molecule has 0 unspecified atom stereocenters. The number of amides is 1. The van der Waals surface area contributed by atoms with E-state index in [2.05, 4.69) is 20.5 Å². The smallest absolute Gasteiger partial charge is 0.230 e. The summed E-state index contributed by atoms with van der Waals surface area (Å²) in [5.74, 6) is 0.927. The van der Waals surface area contributed by atoms with E-state index in [0.717, 1.165) is 11.3 Å². The first kappa shape index (κ1) is 17.2. The van der Waals surface area contributed by atoms with Gasteiger partial charge in [0.05, 0.1) is 11.8 Å². The molecule has 0 saturated carbocycles. The summed E-state index contributed by atoms with van der Waals surface area (Å²) in [5.41, 5.74) is 1.84. The molecule has 2 heterocycles. The largest absolute Gasteiger partial charge is 0.349 e. The molecule has 0 aliphatic heterocycles. The van der Waals surface area contributed by atoms with Crippen LogP contribution in [0.15, 0.2) is 59.9 Å². The fourth-order valence-corrected chi connectivity index (χ4v) is 3.12. The van der Waals surface area contributed by atoms with Gasteiger partial charge in [-0.05, 0) is 24.6 Å². The number of benzene rings is 1. The Morgan fingerprint density at radius 1 is 1.16 bits per heavy atom. The highest BCUT2D eigenvalue weighted by Gasteiger charge is 2.14. The highest BCUT2D eigenvalue weighted by Crippen LogP contribution is 2.21. The number of hydrogen-bond acceptors (Lipinski definition) is 5. The van der Waals surface area contributed by atoms with Crippen molar-refractivity contribution in [2.45, 2.75) is 18.1 Å². The molecular weight excluding hydrogens is 334 g/mol. The van der Waals surface area contributed by atoms with Crippen LogP contribution in [0.5, 0.6) is 0 Å². The van der Waals surface area contributed by atoms with E-state index in [1.807, 2.05) is 67.1 Å². The van der Waals surface area contributed by atoms with Crippen molar-refractivity contribution in [2.24, 2.45) is 7.05 Å². The third kappa shape index (κ3) is 4.24. The predicted octanol–water partition coefficient (Wildman–Crippen LogP) is 2.85. The molecule has 7 heteroatoms. The van der Waals surface area contributed by atoms with Crippen molar-refractivity contribution in [1.29, 1.82) is 0 Å². The van der Waals surface area contributed by atoms with E-state index in [0.29, 0.717) is 11.0 Å². The third-order valence-corrected chi connectivity index (χ3v) is 4.76. The fourth-order valence-electron chi connectivity index (χ4n) is 2.40. The first-order valence-electron chi connectivity index (χ1n) is 7.93. The quantitative estimate of drug-likeness (QED) is 0.690. The van der Waals surface area contributed by atoms with E-state index >= 15 is 0 Å². The van der Waals surface area contributed by atoms with E-state index in [1.54, 1.807) is 6.20 Å². The van der Waals surface area contributed by atoms with Crippen LogP contribution >= 0.6 is 11.8 Å². The molecular formula is C18H19N5OS. The van der Waals surface area contributed by atoms with Gasteiger partial charge >= 0.3 is 0 Å². The number of rotatable bonds is 6. The van der Waals surface area contributed by atoms with Crippen LogP contribution in [0.25, 0.3) is 11.5 Å². The standard InChI is InChI=1S/C18H19N5OS/c1-13(14-8-4-3-5-9-14)20-16(24)12-25-18-22-21-17(23(18)2)15-10-6-7-11-19-15/h3-11,13H,12H2,1-2H3,(H,20,24)/t13-/m1/s1. The van der Waals surface area contributed by atoms with E-state index in [4.69, 9.17) is 0 Å². The molecule has 0 fully saturated rings. The van der Waals surface area contributed by atoms with Gasteiger partial charge in [0.25, 0.3) is 0 Å². The number of hydrogen-bond donors (Lipinski definition) is 1. The minimum absolute atomic E-state index is 0.0297. The molecule has 3 aromatic rings. The van der Waals surface area contributed by atoms with E-state index in [-0.39, 0.29) is 17.7 Å². The van der Waals surface area contributed by atoms with Crippen molar-refractivity contribution < 1.29 is 4.79 Å². The maximum absolute atomic E-state index is 12.2. The second-order valence-electron chi connectivity index (χ2n) is 5.57. The Hall–Kier alpha value is -2.67. The van der Waals surface area contributed by atoms with Gasteiger partial charge in [-0.1, -0.05) is 48.2 Å². The summed E-state index contributed by atoms with van der Waals surface area (Å²) in [6.45, 7) is 1.97. The van der Waals surface area contributed by atoms with Gasteiger partial charge in [-0.25, -0.2) is 0 Å². The van der Waals surface area contributed by atoms with Crippen LogP contribution in [-0.4, -0.2) is 31.4 Å². The fraction of sp³-hybridized carbons (Fsp3) is 0.222. The van der Waals surface area contributed by atoms with Crippen molar-refractivity contribution in [3.05, 3.63) is 60.3 Å².